The van der Waals surface area contributed by atoms with E-state index < -0.39 is 119 Å². The average Bonchev–Trinajstić information content (AvgIpc) is 1.46. The second kappa shape index (κ2) is 51.8. The number of nitrogens with one attached hydrogen (secondary N) is 6. The smallest absolute Gasteiger partial charge is 0.312 e. The van der Waals surface area contributed by atoms with E-state index in [4.69, 9.17) is 76.7 Å². The number of ether oxygens (including phenoxy) is 13. The van der Waals surface area contributed by atoms with E-state index in [0.29, 0.717) is 121 Å². The van der Waals surface area contributed by atoms with Gasteiger partial charge in [-0.15, -0.1) is 0 Å². The van der Waals surface area contributed by atoms with Crippen molar-refractivity contribution in [2.24, 2.45) is 35.3 Å². The molecule has 38 nitrogen and oxygen atoms in total. The third kappa shape index (κ3) is 30.9. The highest BCUT2D eigenvalue weighted by molar-refractivity contribution is 14.1. The molecular weight excluding hydrogens is 1810 g/mol. The van der Waals surface area contributed by atoms with E-state index >= 15 is 4.79 Å². The lowest BCUT2D eigenvalue weighted by Crippen LogP contribution is -2.54. The number of allylic oxidation sites excluding steroid dienone is 2. The number of imide groups is 1. The maximum Gasteiger partial charge on any atom is 0.312 e. The van der Waals surface area contributed by atoms with E-state index in [1.807, 2.05) is 48.8 Å². The zero-order valence-corrected chi connectivity index (χ0v) is 78.5. The third-order valence-electron chi connectivity index (χ3n) is 22.4. The third-order valence-corrected chi connectivity index (χ3v) is 23.3. The molecule has 1 unspecified atom stereocenters. The van der Waals surface area contributed by atoms with Gasteiger partial charge in [0, 0.05) is 117 Å². The number of fused-ring (bicyclic) bond motifs is 2. The van der Waals surface area contributed by atoms with Crippen LogP contribution in [0, 0.1) is 36.5 Å². The second-order valence-electron chi connectivity index (χ2n) is 33.3. The Morgan fingerprint density at radius 3 is 1.92 bits per heavy atom. The summed E-state index contributed by atoms with van der Waals surface area (Å²) < 4.78 is 81.4. The number of aromatic nitrogens is 1. The molecule has 4 bridgehead atoms. The number of aliphatic hydroxyl groups is 2. The molecule has 0 saturated carbocycles. The quantitative estimate of drug-likeness (QED) is 0.00236. The number of rotatable bonds is 48. The number of primary amides is 1. The number of halogens is 1. The Kier molecular flexibility index (Phi) is 42.0. The number of methoxy groups -OCH3 is 1. The summed E-state index contributed by atoms with van der Waals surface area (Å²) in [5.41, 5.74) is 5.47. The number of nitrogens with zero attached hydrogens (tertiary/aromatic N) is 3. The molecule has 39 heteroatoms. The number of hydrogen-bond donors (Lipinski definition) is 10. The zero-order valence-electron chi connectivity index (χ0n) is 76.3. The number of Topliss-reactive ketones (excluding diaryl/α,β-unsaturated/α-hetero) is 1. The first-order chi connectivity index (χ1) is 61.9. The van der Waals surface area contributed by atoms with Gasteiger partial charge in [0.25, 0.3) is 11.7 Å². The molecule has 1 aromatic heterocycles. The number of hydrogen-bond acceptors (Lipinski definition) is 29. The molecule has 8 rings (SSSR count). The number of benzene rings is 4. The first kappa shape index (κ1) is 105. The molecule has 130 heavy (non-hydrogen) atoms. The molecule has 4 heterocycles. The highest BCUT2D eigenvalue weighted by Gasteiger charge is 2.50. The second-order valence-corrected chi connectivity index (χ2v) is 34.8. The van der Waals surface area contributed by atoms with E-state index in [0.717, 1.165) is 10.5 Å². The molecule has 0 aliphatic carbocycles. The number of aliphatic hydroxyl groups excluding tert-OH is 2. The molecule has 0 radical (unpaired) electrons. The number of carbonyl (C=O) groups excluding carboxylic acids is 10. The fourth-order valence-corrected chi connectivity index (χ4v) is 15.6. The molecule has 4 aromatic carbocycles. The van der Waals surface area contributed by atoms with Gasteiger partial charge < -0.3 is 123 Å². The number of urea groups is 1. The van der Waals surface area contributed by atoms with Gasteiger partial charge in [-0.2, -0.15) is 0 Å². The largest absolute Gasteiger partial charge is 0.505 e. The van der Waals surface area contributed by atoms with Gasteiger partial charge >= 0.3 is 17.8 Å². The lowest BCUT2D eigenvalue weighted by molar-refractivity contribution is -0.903. The van der Waals surface area contributed by atoms with Crippen molar-refractivity contribution in [1.82, 2.24) is 31.2 Å². The van der Waals surface area contributed by atoms with Gasteiger partial charge in [0.15, 0.2) is 22.3 Å². The molecule has 3 aliphatic rings. The minimum Gasteiger partial charge on any atom is -0.505 e. The van der Waals surface area contributed by atoms with Crippen LogP contribution in [0.2, 0.25) is 0 Å². The zero-order chi connectivity index (χ0) is 94.9. The normalized spacial score (nSPS) is 21.8. The fraction of sp³-hybridized carbons (Fsp3) is 0.582. The van der Waals surface area contributed by atoms with Gasteiger partial charge in [-0.25, -0.2) is 9.78 Å². The Labute approximate surface area is 769 Å². The monoisotopic (exact) mass is 1940 g/mol. The van der Waals surface area contributed by atoms with E-state index in [1.165, 1.54) is 53.2 Å². The lowest BCUT2D eigenvalue weighted by Gasteiger charge is -2.38. The van der Waals surface area contributed by atoms with Crippen LogP contribution in [0.15, 0.2) is 87.8 Å². The topological polar surface area (TPSA) is 496 Å². The van der Waals surface area contributed by atoms with Crippen molar-refractivity contribution >= 4 is 126 Å². The maximum atomic E-state index is 15.1. The van der Waals surface area contributed by atoms with Crippen LogP contribution >= 0.6 is 22.6 Å². The Bertz CT molecular complexity index is 4850. The summed E-state index contributed by atoms with van der Waals surface area (Å²) in [6, 6.07) is 9.18. The minimum atomic E-state index is -2.13. The number of phenols is 1. The van der Waals surface area contributed by atoms with Gasteiger partial charge in [-0.3, -0.25) is 52.8 Å². The van der Waals surface area contributed by atoms with Crippen LogP contribution in [0.4, 0.5) is 16.2 Å². The molecule has 1 fully saturated rings. The van der Waals surface area contributed by atoms with Crippen LogP contribution in [0.3, 0.4) is 0 Å². The number of ketones is 1. The summed E-state index contributed by atoms with van der Waals surface area (Å²) in [4.78, 5) is 151. The molecular formula is C91H128IN10O28+. The highest BCUT2D eigenvalue weighted by atomic mass is 127. The summed E-state index contributed by atoms with van der Waals surface area (Å²) in [6.07, 6.45) is 3.77. The predicted molar refractivity (Wildman–Crippen MR) is 487 cm³/mol. The minimum absolute atomic E-state index is 0.0450. The number of esters is 1. The Balaban J connectivity index is 0.775. The standard InChI is InChI=1S/C91H127IN10O28/c1-53(2)75(99-70(105)27-32-118-36-38-120-40-42-122-44-46-124-48-49-125-47-45-123-43-41-121-39-37-119-34-29-94-69(104)25-30-101-71(106)51-64(92)89(101)115)88(114)98-66(18-15-28-95-90(93)116)87(113)96-62-21-19-61(20-22-62)52-102(11,12)31-35-126-63-23-24-65-68(50-63)129-84-76(97-65)72-73-80(109)59(8)83-74(72)85(111)91(10,130-83)127-33-26-67(117-13)56(5)82(128-60(9)103)58(7)79(108)57(6)78(107)54(3)16-14-17-55(4)86(112)100-77(84)81(73)110/h14,16-17,19-24,26,33,50,53-54,56-58,64,66-67,75,78-79,82,107-108H,15,18,25,27-32,34-49,51-52H2,1-13H3,(H8-,93,94,95,96,97,98,99,100,104,105,109,110,111,112,113,114,116)/p+1/b16-14+,33-26+,55-17-/t54-,56+,57+,58+,64?,66-,67-,75-,78-,79+,82+,91-/m0/s1. The highest BCUT2D eigenvalue weighted by Crippen LogP contribution is 2.49. The van der Waals surface area contributed by atoms with E-state index in [1.54, 1.807) is 84.0 Å². The van der Waals surface area contributed by atoms with Gasteiger partial charge in [0.2, 0.25) is 35.4 Å². The lowest BCUT2D eigenvalue weighted by atomic mass is 9.78. The summed E-state index contributed by atoms with van der Waals surface area (Å²) in [5, 5.41) is 51.7. The van der Waals surface area contributed by atoms with E-state index in [-0.39, 0.29) is 160 Å². The number of aromatic hydroxyl groups is 1. The van der Waals surface area contributed by atoms with Crippen LogP contribution in [-0.4, -0.2) is 295 Å². The summed E-state index contributed by atoms with van der Waals surface area (Å²) in [5.74, 6) is -10.3. The number of anilines is 2. The Hall–Kier alpha value is -9.89. The molecule has 12 atom stereocenters. The summed E-state index contributed by atoms with van der Waals surface area (Å²) >= 11 is 1.93. The Morgan fingerprint density at radius 1 is 0.731 bits per heavy atom. The SMILES string of the molecule is CO[C@H]1/C=C/O[C@@]2(C)Oc3c(C)c(=O)c4c(O)c(c5oc6cc(OCC[N+](C)(C)Cc7ccc(NC(=O)[C@H](CCCNC(N)=O)NC(=O)[C@@H](NC(=O)CCOCCOCCOCCOCCOCCOCCOCCOCCNC(=O)CCN8C(=O)CC(I)C8=O)C(C)C)cc7)ccc6nc5c4c3C2=O)NC(=O)/C(C)=C\C=C\[C@H](C)[C@H](O)[C@@H](C)[C@@H](O)[C@@H](C)[C@H](OC(C)=O)[C@@H]1C. The number of amides is 9. The van der Waals surface area contributed by atoms with Crippen molar-refractivity contribution in [1.29, 1.82) is 0 Å². The number of alkyl halides is 1. The first-order valence-electron chi connectivity index (χ1n) is 43.7. The van der Waals surface area contributed by atoms with Crippen molar-refractivity contribution in [3.05, 3.63) is 106 Å². The molecule has 716 valence electrons. The summed E-state index contributed by atoms with van der Waals surface area (Å²) in [6.45, 7) is 22.7. The van der Waals surface area contributed by atoms with Gasteiger partial charge in [0.05, 0.1) is 159 Å². The van der Waals surface area contributed by atoms with Crippen LogP contribution in [0.25, 0.3) is 33.0 Å². The van der Waals surface area contributed by atoms with Crippen molar-refractivity contribution in [3.8, 4) is 17.2 Å². The first-order valence-corrected chi connectivity index (χ1v) is 45.0. The number of nitrogens with two attached hydrogens (primary N) is 1. The maximum absolute atomic E-state index is 15.1. The molecule has 3 aliphatic heterocycles. The molecule has 0 spiro atoms. The number of likely N-dealkylation sites (N-methyl/N-ethyl adjacent to an activating group) is 1. The molecule has 9 amide bonds. The van der Waals surface area contributed by atoms with E-state index in [9.17, 15) is 63.3 Å². The van der Waals surface area contributed by atoms with Crippen LogP contribution < -0.4 is 52.5 Å². The molecule has 11 N–H and O–H groups in total. The number of likely N-dealkylation sites (tertiary alicyclic amines) is 1. The van der Waals surface area contributed by atoms with Gasteiger partial charge in [-0.1, -0.05) is 94.5 Å². The predicted octanol–water partition coefficient (Wildman–Crippen LogP) is 6.26. The number of phenolic OH excluding ortho intramolecular Hbond substituents is 1. The van der Waals surface area contributed by atoms with Crippen LogP contribution in [0.5, 0.6) is 17.2 Å². The van der Waals surface area contributed by atoms with Crippen molar-refractivity contribution in [3.63, 3.8) is 0 Å². The Morgan fingerprint density at radius 2 is 1.34 bits per heavy atom. The van der Waals surface area contributed by atoms with Crippen molar-refractivity contribution in [2.75, 3.05) is 170 Å². The van der Waals surface area contributed by atoms with E-state index in [2.05, 4.69) is 31.9 Å². The fourth-order valence-electron chi connectivity index (χ4n) is 14.9. The number of carbonyl (C=O) groups is 10. The van der Waals surface area contributed by atoms with Gasteiger partial charge in [0.1, 0.15) is 66.1 Å². The van der Waals surface area contributed by atoms with Crippen LogP contribution in [0.1, 0.15) is 116 Å². The number of quaternary nitrogens is 1. The van der Waals surface area contributed by atoms with Crippen molar-refractivity contribution in [2.45, 2.75) is 154 Å². The molecule has 5 aromatic rings. The van der Waals surface area contributed by atoms with Crippen molar-refractivity contribution < 1.29 is 134 Å². The van der Waals surface area contributed by atoms with Crippen LogP contribution in [-0.2, 0) is 97.0 Å². The summed E-state index contributed by atoms with van der Waals surface area (Å²) in [7, 11) is 5.44. The molecule has 1 saturated heterocycles. The average molecular weight is 1940 g/mol. The van der Waals surface area contributed by atoms with Gasteiger partial charge in [-0.05, 0) is 62.9 Å².